The third-order valence-corrected chi connectivity index (χ3v) is 8.27. The Morgan fingerprint density at radius 2 is 1.63 bits per heavy atom. The number of aryl methyl sites for hydroxylation is 1. The van der Waals surface area contributed by atoms with Crippen LogP contribution in [-0.4, -0.2) is 127 Å². The molecule has 0 bridgehead atoms. The Morgan fingerprint density at radius 1 is 0.942 bits per heavy atom. The van der Waals surface area contributed by atoms with Crippen LogP contribution < -0.4 is 21.3 Å². The molecule has 0 saturated heterocycles. The van der Waals surface area contributed by atoms with Crippen LogP contribution in [0, 0.1) is 5.92 Å². The number of nitrogens with one attached hydrogen (secondary N) is 4. The van der Waals surface area contributed by atoms with Gasteiger partial charge in [0.25, 0.3) is 0 Å². The van der Waals surface area contributed by atoms with Crippen molar-refractivity contribution in [1.29, 1.82) is 0 Å². The maximum Gasteiger partial charge on any atom is 0.411 e. The van der Waals surface area contributed by atoms with Crippen LogP contribution in [0.15, 0.2) is 23.7 Å². The fourth-order valence-corrected chi connectivity index (χ4v) is 5.14. The highest BCUT2D eigenvalue weighted by atomic mass is 32.2. The number of rotatable bonds is 23. The summed E-state index contributed by atoms with van der Waals surface area (Å²) >= 11 is 0. The summed E-state index contributed by atoms with van der Waals surface area (Å²) in [5.74, 6) is -2.67. The van der Waals surface area contributed by atoms with Crippen LogP contribution in [0.3, 0.4) is 0 Å². The van der Waals surface area contributed by atoms with Gasteiger partial charge in [-0.1, -0.05) is 25.5 Å². The van der Waals surface area contributed by atoms with Crippen molar-refractivity contribution in [2.45, 2.75) is 88.8 Å². The number of hydrogen-bond acceptors (Lipinski definition) is 12. The van der Waals surface area contributed by atoms with Crippen LogP contribution in [0.4, 0.5) is 13.2 Å². The Morgan fingerprint density at radius 3 is 2.25 bits per heavy atom. The first-order valence-electron chi connectivity index (χ1n) is 16.7. The summed E-state index contributed by atoms with van der Waals surface area (Å²) in [7, 11) is 0.272. The number of amides is 4. The number of carbonyl (C=O) groups is 4. The van der Waals surface area contributed by atoms with E-state index < -0.39 is 65.7 Å². The quantitative estimate of drug-likeness (QED) is 0.0703. The molecule has 292 valence electrons. The second-order valence-electron chi connectivity index (χ2n) is 12.8. The minimum atomic E-state index is -4.55. The highest BCUT2D eigenvalue weighted by molar-refractivity contribution is 7.90. The molecule has 2 rings (SSSR count). The van der Waals surface area contributed by atoms with E-state index in [9.17, 15) is 40.8 Å². The normalized spacial score (nSPS) is 13.1. The molecule has 0 saturated carbocycles. The van der Waals surface area contributed by atoms with Gasteiger partial charge in [0.05, 0.1) is 12.7 Å². The molecule has 0 radical (unpaired) electrons. The van der Waals surface area contributed by atoms with Crippen LogP contribution in [0.1, 0.15) is 58.8 Å². The molecule has 0 aromatic carbocycles. The minimum absolute atomic E-state index is 0.152. The fraction of sp³-hybridized carbons (Fsp3) is 0.677. The summed E-state index contributed by atoms with van der Waals surface area (Å²) in [6.45, 7) is 1.98. The first-order chi connectivity index (χ1) is 24.4. The van der Waals surface area contributed by atoms with Gasteiger partial charge in [-0.15, -0.1) is 5.10 Å². The van der Waals surface area contributed by atoms with Gasteiger partial charge in [0, 0.05) is 37.2 Å². The van der Waals surface area contributed by atoms with E-state index in [2.05, 4.69) is 46.3 Å². The van der Waals surface area contributed by atoms with E-state index in [1.807, 2.05) is 19.0 Å². The molecule has 0 spiro atoms. The minimum Gasteiger partial charge on any atom is -0.352 e. The van der Waals surface area contributed by atoms with E-state index in [1.165, 1.54) is 12.4 Å². The van der Waals surface area contributed by atoms with Gasteiger partial charge in [-0.05, 0) is 58.7 Å². The zero-order valence-electron chi connectivity index (χ0n) is 30.0. The summed E-state index contributed by atoms with van der Waals surface area (Å²) in [6.07, 6.45) is 4.43. The largest absolute Gasteiger partial charge is 0.411 e. The zero-order valence-corrected chi connectivity index (χ0v) is 30.8. The third kappa shape index (κ3) is 17.3. The monoisotopic (exact) mass is 762 g/mol. The number of aromatic nitrogens is 5. The summed E-state index contributed by atoms with van der Waals surface area (Å²) in [4.78, 5) is 60.8. The number of halogens is 3. The third-order valence-electron chi connectivity index (χ3n) is 7.39. The van der Waals surface area contributed by atoms with Gasteiger partial charge in [0.1, 0.15) is 31.1 Å². The molecule has 17 nitrogen and oxygen atoms in total. The fourth-order valence-electron chi connectivity index (χ4n) is 4.65. The molecule has 0 aliphatic rings. The first kappa shape index (κ1) is 43.9. The van der Waals surface area contributed by atoms with Crippen LogP contribution >= 0.6 is 0 Å². The molecule has 4 amide bonds. The second-order valence-corrected chi connectivity index (χ2v) is 14.7. The number of nitrogens with zero attached hydrogens (tertiary/aromatic N) is 6. The average molecular weight is 763 g/mol. The Kier molecular flexibility index (Phi) is 18.0. The van der Waals surface area contributed by atoms with E-state index in [1.54, 1.807) is 24.7 Å². The highest BCUT2D eigenvalue weighted by Gasteiger charge is 2.29. The Bertz CT molecular complexity index is 1550. The van der Waals surface area contributed by atoms with Gasteiger partial charge in [0.15, 0.2) is 0 Å². The van der Waals surface area contributed by atoms with Crippen LogP contribution in [0.25, 0.3) is 11.3 Å². The van der Waals surface area contributed by atoms with Crippen molar-refractivity contribution in [3.05, 3.63) is 18.6 Å². The van der Waals surface area contributed by atoms with Crippen LogP contribution in [-0.2, 0) is 40.3 Å². The number of sulfone groups is 1. The van der Waals surface area contributed by atoms with Gasteiger partial charge in [0.2, 0.25) is 38.6 Å². The number of unbranched alkanes of at least 4 members (excludes halogenated alkanes) is 3. The van der Waals surface area contributed by atoms with E-state index in [0.717, 1.165) is 19.2 Å². The Balaban J connectivity index is 1.85. The molecule has 0 aliphatic heterocycles. The summed E-state index contributed by atoms with van der Waals surface area (Å²) < 4.78 is 65.7. The molecule has 2 atom stereocenters. The molecular weight excluding hydrogens is 713 g/mol. The van der Waals surface area contributed by atoms with Crippen molar-refractivity contribution in [3.63, 3.8) is 0 Å². The first-order valence-corrected chi connectivity index (χ1v) is 18.6. The van der Waals surface area contributed by atoms with Gasteiger partial charge < -0.3 is 30.9 Å². The number of carbonyl (C=O) groups excluding carboxylic acids is 4. The van der Waals surface area contributed by atoms with Crippen LogP contribution in [0.5, 0.6) is 0 Å². The van der Waals surface area contributed by atoms with Crippen molar-refractivity contribution in [1.82, 2.24) is 51.1 Å². The lowest BCUT2D eigenvalue weighted by Gasteiger charge is -2.25. The smallest absolute Gasteiger partial charge is 0.352 e. The number of hydrogen-bond donors (Lipinski definition) is 4. The van der Waals surface area contributed by atoms with E-state index >= 15 is 0 Å². The SMILES string of the molecule is CC(C)[C@H](NC(=O)CCCCCn1cc(-c2cnc(S(C)(=O)=O)nc2)nn1)C(=O)N[C@@H](CCCCN(C)C)C(=O)NCC(=O)NCOCC(F)(F)F. The zero-order chi connectivity index (χ0) is 38.9. The molecule has 52 heavy (non-hydrogen) atoms. The number of ether oxygens (including phenoxy) is 1. The molecule has 0 aliphatic carbocycles. The van der Waals surface area contributed by atoms with Crippen molar-refractivity contribution in [2.75, 3.05) is 46.8 Å². The lowest BCUT2D eigenvalue weighted by molar-refractivity contribution is -0.176. The van der Waals surface area contributed by atoms with E-state index in [4.69, 9.17) is 0 Å². The molecule has 0 unspecified atom stereocenters. The molecule has 4 N–H and O–H groups in total. The van der Waals surface area contributed by atoms with Gasteiger partial charge in [-0.3, -0.25) is 23.9 Å². The topological polar surface area (TPSA) is 220 Å². The van der Waals surface area contributed by atoms with E-state index in [0.29, 0.717) is 43.5 Å². The Hall–Kier alpha value is -4.24. The predicted molar refractivity (Wildman–Crippen MR) is 182 cm³/mol. The van der Waals surface area contributed by atoms with Crippen molar-refractivity contribution >= 4 is 33.5 Å². The predicted octanol–water partition coefficient (Wildman–Crippen LogP) is 0.825. The summed E-state index contributed by atoms with van der Waals surface area (Å²) in [5.41, 5.74) is 0.985. The molecule has 2 heterocycles. The van der Waals surface area contributed by atoms with Gasteiger partial charge in [-0.25, -0.2) is 18.4 Å². The van der Waals surface area contributed by atoms with E-state index in [-0.39, 0.29) is 29.8 Å². The molecule has 21 heteroatoms. The van der Waals surface area contributed by atoms with Gasteiger partial charge in [-0.2, -0.15) is 13.2 Å². The number of alkyl halides is 3. The molecule has 2 aromatic rings. The van der Waals surface area contributed by atoms with Crippen LogP contribution in [0.2, 0.25) is 0 Å². The van der Waals surface area contributed by atoms with Gasteiger partial charge >= 0.3 is 6.18 Å². The van der Waals surface area contributed by atoms with Crippen molar-refractivity contribution in [3.8, 4) is 11.3 Å². The average Bonchev–Trinajstić information content (AvgIpc) is 3.53. The molecular formula is C31H49F3N10O7S. The summed E-state index contributed by atoms with van der Waals surface area (Å²) in [6, 6.07) is -1.97. The molecule has 0 fully saturated rings. The van der Waals surface area contributed by atoms with Crippen molar-refractivity contribution in [2.24, 2.45) is 5.92 Å². The maximum absolute atomic E-state index is 13.3. The second kappa shape index (κ2) is 21.3. The lowest BCUT2D eigenvalue weighted by Crippen LogP contribution is -2.56. The maximum atomic E-state index is 13.3. The summed E-state index contributed by atoms with van der Waals surface area (Å²) in [5, 5.41) is 17.8. The lowest BCUT2D eigenvalue weighted by atomic mass is 10.0. The standard InChI is InChI=1S/C31H49F3N10O7S/c1-21(2)27(29(48)39-23(11-8-10-13-43(3)4)28(47)35-17-26(46)38-20-51-19-31(32,33)34)40-25(45)12-7-6-9-14-44-18-24(41-42-44)22-15-36-30(37-16-22)52(5,49)50/h15-16,18,21,23,27H,6-14,17,19-20H2,1-5H3,(H,35,47)(H,38,46)(H,39,48)(H,40,45)/t23-,27-/m0/s1. The Labute approximate surface area is 301 Å². The highest BCUT2D eigenvalue weighted by Crippen LogP contribution is 2.16. The molecule has 2 aromatic heterocycles. The van der Waals surface area contributed by atoms with Crippen molar-refractivity contribution < 1.29 is 45.5 Å².